The van der Waals surface area contributed by atoms with Crippen LogP contribution in [0.5, 0.6) is 0 Å². The molecule has 0 aromatic heterocycles. The Labute approximate surface area is 143 Å². The quantitative estimate of drug-likeness (QED) is 0.828. The van der Waals surface area contributed by atoms with E-state index in [1.54, 1.807) is 0 Å². The molecular weight excluding hydrogens is 302 g/mol. The van der Waals surface area contributed by atoms with Crippen LogP contribution in [-0.4, -0.2) is 41.9 Å². The van der Waals surface area contributed by atoms with Gasteiger partial charge in [-0.2, -0.15) is 0 Å². The summed E-state index contributed by atoms with van der Waals surface area (Å²) in [6.45, 7) is 3.94. The van der Waals surface area contributed by atoms with Gasteiger partial charge >= 0.3 is 0 Å². The maximum atomic E-state index is 12.6. The molecule has 1 heterocycles. The van der Waals surface area contributed by atoms with Crippen molar-refractivity contribution in [3.63, 3.8) is 0 Å². The Morgan fingerprint density at radius 1 is 1.29 bits per heavy atom. The van der Waals surface area contributed by atoms with Crippen molar-refractivity contribution in [3.8, 4) is 0 Å². The Hall–Kier alpha value is -1.88. The number of hydrogen-bond acceptors (Lipinski definition) is 3. The molecule has 130 valence electrons. The van der Waals surface area contributed by atoms with E-state index in [1.807, 2.05) is 4.90 Å². The highest BCUT2D eigenvalue weighted by Crippen LogP contribution is 2.39. The van der Waals surface area contributed by atoms with Crippen LogP contribution < -0.4 is 11.1 Å². The number of carbonyl (C=O) groups is 2. The van der Waals surface area contributed by atoms with E-state index in [-0.39, 0.29) is 23.3 Å². The summed E-state index contributed by atoms with van der Waals surface area (Å²) in [5.74, 6) is -0.0593. The molecule has 1 saturated carbocycles. The number of benzene rings is 1. The normalized spacial score (nSPS) is 20.5. The molecule has 1 aromatic rings. The van der Waals surface area contributed by atoms with Gasteiger partial charge in [0.2, 0.25) is 11.8 Å². The number of nitrogens with two attached hydrogens (primary N) is 1. The van der Waals surface area contributed by atoms with Gasteiger partial charge in [-0.15, -0.1) is 0 Å². The molecule has 2 aliphatic rings. The van der Waals surface area contributed by atoms with Crippen LogP contribution in [0.15, 0.2) is 24.3 Å². The van der Waals surface area contributed by atoms with Crippen LogP contribution in [0.25, 0.3) is 0 Å². The van der Waals surface area contributed by atoms with Crippen molar-refractivity contribution in [2.75, 3.05) is 19.6 Å². The fraction of sp³-hybridized carbons (Fsp3) is 0.579. The van der Waals surface area contributed by atoms with E-state index in [9.17, 15) is 9.59 Å². The summed E-state index contributed by atoms with van der Waals surface area (Å²) in [7, 11) is 0. The third-order valence-corrected chi connectivity index (χ3v) is 5.20. The zero-order valence-electron chi connectivity index (χ0n) is 14.4. The van der Waals surface area contributed by atoms with Crippen molar-refractivity contribution in [2.24, 2.45) is 11.7 Å². The van der Waals surface area contributed by atoms with Gasteiger partial charge in [0.1, 0.15) is 0 Å². The number of amides is 2. The summed E-state index contributed by atoms with van der Waals surface area (Å²) in [4.78, 5) is 25.6. The Morgan fingerprint density at radius 2 is 2.00 bits per heavy atom. The highest BCUT2D eigenvalue weighted by atomic mass is 16.2. The standard InChI is InChI=1S/C19H27N3O2/c1-14-3-2-4-15(11-14)12-19(7-8-19)21-18(24)16-5-9-22(10-6-16)13-17(20)23/h2-4,11,16H,5-10,12-13H2,1H3,(H2,20,23)(H,21,24). The molecule has 1 saturated heterocycles. The third kappa shape index (κ3) is 4.35. The summed E-state index contributed by atoms with van der Waals surface area (Å²) < 4.78 is 0. The van der Waals surface area contributed by atoms with E-state index in [4.69, 9.17) is 5.73 Å². The van der Waals surface area contributed by atoms with E-state index in [2.05, 4.69) is 36.5 Å². The second kappa shape index (κ2) is 6.93. The van der Waals surface area contributed by atoms with E-state index in [1.165, 1.54) is 11.1 Å². The molecule has 3 rings (SSSR count). The van der Waals surface area contributed by atoms with E-state index >= 15 is 0 Å². The van der Waals surface area contributed by atoms with Gasteiger partial charge in [-0.05, 0) is 57.7 Å². The number of carbonyl (C=O) groups excluding carboxylic acids is 2. The van der Waals surface area contributed by atoms with Gasteiger partial charge in [0, 0.05) is 11.5 Å². The summed E-state index contributed by atoms with van der Waals surface area (Å²) in [5.41, 5.74) is 7.76. The number of rotatable bonds is 6. The third-order valence-electron chi connectivity index (χ3n) is 5.20. The first-order chi connectivity index (χ1) is 11.5. The van der Waals surface area contributed by atoms with Crippen molar-refractivity contribution in [1.82, 2.24) is 10.2 Å². The summed E-state index contributed by atoms with van der Waals surface area (Å²) in [6, 6.07) is 8.52. The Bertz CT molecular complexity index is 617. The number of piperidine rings is 1. The SMILES string of the molecule is Cc1cccc(CC2(NC(=O)C3CCN(CC(N)=O)CC3)CC2)c1. The minimum absolute atomic E-state index is 0.0325. The molecular formula is C19H27N3O2. The fourth-order valence-electron chi connectivity index (χ4n) is 3.65. The zero-order chi connectivity index (χ0) is 17.2. The Kier molecular flexibility index (Phi) is 4.90. The summed E-state index contributed by atoms with van der Waals surface area (Å²) >= 11 is 0. The minimum Gasteiger partial charge on any atom is -0.369 e. The molecule has 0 radical (unpaired) electrons. The van der Waals surface area contributed by atoms with Gasteiger partial charge in [0.25, 0.3) is 0 Å². The molecule has 1 aliphatic carbocycles. The average Bonchev–Trinajstić information content (AvgIpc) is 3.26. The van der Waals surface area contributed by atoms with Gasteiger partial charge in [-0.3, -0.25) is 14.5 Å². The number of primary amides is 1. The molecule has 0 unspecified atom stereocenters. The van der Waals surface area contributed by atoms with Crippen LogP contribution in [0, 0.1) is 12.8 Å². The molecule has 3 N–H and O–H groups in total. The first-order valence-corrected chi connectivity index (χ1v) is 8.84. The lowest BCUT2D eigenvalue weighted by Crippen LogP contribution is -2.47. The largest absolute Gasteiger partial charge is 0.369 e. The van der Waals surface area contributed by atoms with Crippen LogP contribution in [0.1, 0.15) is 36.8 Å². The van der Waals surface area contributed by atoms with Crippen molar-refractivity contribution in [1.29, 1.82) is 0 Å². The van der Waals surface area contributed by atoms with Crippen molar-refractivity contribution in [2.45, 2.75) is 44.6 Å². The highest BCUT2D eigenvalue weighted by Gasteiger charge is 2.45. The molecule has 5 heteroatoms. The molecule has 24 heavy (non-hydrogen) atoms. The van der Waals surface area contributed by atoms with Crippen molar-refractivity contribution in [3.05, 3.63) is 35.4 Å². The molecule has 2 fully saturated rings. The van der Waals surface area contributed by atoms with Gasteiger partial charge in [0.05, 0.1) is 6.54 Å². The number of likely N-dealkylation sites (tertiary alicyclic amines) is 1. The van der Waals surface area contributed by atoms with Crippen LogP contribution >= 0.6 is 0 Å². The maximum Gasteiger partial charge on any atom is 0.231 e. The molecule has 1 aromatic carbocycles. The molecule has 1 aliphatic heterocycles. The Morgan fingerprint density at radius 3 is 2.58 bits per heavy atom. The second-order valence-corrected chi connectivity index (χ2v) is 7.45. The summed E-state index contributed by atoms with van der Waals surface area (Å²) in [6.07, 6.45) is 4.65. The molecule has 0 atom stereocenters. The lowest BCUT2D eigenvalue weighted by molar-refractivity contribution is -0.127. The number of aryl methyl sites for hydroxylation is 1. The van der Waals surface area contributed by atoms with Crippen LogP contribution in [0.4, 0.5) is 0 Å². The minimum atomic E-state index is -0.298. The van der Waals surface area contributed by atoms with Crippen LogP contribution in [0.3, 0.4) is 0 Å². The monoisotopic (exact) mass is 329 g/mol. The maximum absolute atomic E-state index is 12.6. The van der Waals surface area contributed by atoms with Gasteiger partial charge < -0.3 is 11.1 Å². The lowest BCUT2D eigenvalue weighted by Gasteiger charge is -2.31. The fourth-order valence-corrected chi connectivity index (χ4v) is 3.65. The average molecular weight is 329 g/mol. The second-order valence-electron chi connectivity index (χ2n) is 7.45. The number of nitrogens with one attached hydrogen (secondary N) is 1. The molecule has 0 bridgehead atoms. The number of hydrogen-bond donors (Lipinski definition) is 2. The lowest BCUT2D eigenvalue weighted by atomic mass is 9.94. The number of nitrogens with zero attached hydrogens (tertiary/aromatic N) is 1. The smallest absolute Gasteiger partial charge is 0.231 e. The van der Waals surface area contributed by atoms with Crippen molar-refractivity contribution < 1.29 is 9.59 Å². The Balaban J connectivity index is 1.51. The predicted molar refractivity (Wildman–Crippen MR) is 93.3 cm³/mol. The van der Waals surface area contributed by atoms with Crippen molar-refractivity contribution >= 4 is 11.8 Å². The predicted octanol–water partition coefficient (Wildman–Crippen LogP) is 1.38. The first kappa shape index (κ1) is 17.0. The topological polar surface area (TPSA) is 75.4 Å². The van der Waals surface area contributed by atoms with Gasteiger partial charge in [-0.1, -0.05) is 29.8 Å². The first-order valence-electron chi connectivity index (χ1n) is 8.84. The zero-order valence-corrected chi connectivity index (χ0v) is 14.4. The molecule has 2 amide bonds. The highest BCUT2D eigenvalue weighted by molar-refractivity contribution is 5.80. The molecule has 0 spiro atoms. The molecule has 5 nitrogen and oxygen atoms in total. The van der Waals surface area contributed by atoms with E-state index in [0.29, 0.717) is 6.54 Å². The van der Waals surface area contributed by atoms with Gasteiger partial charge in [-0.25, -0.2) is 0 Å². The van der Waals surface area contributed by atoms with Crippen LogP contribution in [-0.2, 0) is 16.0 Å². The van der Waals surface area contributed by atoms with Crippen LogP contribution in [0.2, 0.25) is 0 Å². The summed E-state index contributed by atoms with van der Waals surface area (Å²) in [5, 5.41) is 3.31. The van der Waals surface area contributed by atoms with E-state index < -0.39 is 0 Å². The van der Waals surface area contributed by atoms with E-state index in [0.717, 1.165) is 45.2 Å². The van der Waals surface area contributed by atoms with Gasteiger partial charge in [0.15, 0.2) is 0 Å².